The number of hydrogen-bond acceptors (Lipinski definition) is 1. The molecule has 0 radical (unpaired) electrons. The molecule has 2 nitrogen and oxygen atoms in total. The molecule has 2 aromatic carbocycles. The summed E-state index contributed by atoms with van der Waals surface area (Å²) in [6.07, 6.45) is 5.68. The molecule has 1 N–H and O–H groups in total. The van der Waals surface area contributed by atoms with Gasteiger partial charge in [0.05, 0.1) is 12.0 Å². The zero-order chi connectivity index (χ0) is 15.0. The van der Waals surface area contributed by atoms with Gasteiger partial charge in [0.25, 0.3) is 0 Å². The maximum atomic E-state index is 12.3. The van der Waals surface area contributed by atoms with Gasteiger partial charge in [0.2, 0.25) is 5.91 Å². The Kier molecular flexibility index (Phi) is 3.11. The molecule has 1 aliphatic heterocycles. The molecule has 22 heavy (non-hydrogen) atoms. The molecule has 1 aliphatic carbocycles. The molecule has 1 amide bonds. The van der Waals surface area contributed by atoms with E-state index in [-0.39, 0.29) is 11.4 Å². The lowest BCUT2D eigenvalue weighted by Gasteiger charge is -2.40. The van der Waals surface area contributed by atoms with Crippen LogP contribution in [0.2, 0.25) is 0 Å². The van der Waals surface area contributed by atoms with E-state index < -0.39 is 0 Å². The van der Waals surface area contributed by atoms with Gasteiger partial charge in [0.15, 0.2) is 0 Å². The fourth-order valence-electron chi connectivity index (χ4n) is 3.74. The quantitative estimate of drug-likeness (QED) is 0.855. The van der Waals surface area contributed by atoms with Crippen LogP contribution in [0.15, 0.2) is 60.7 Å². The highest BCUT2D eigenvalue weighted by molar-refractivity contribution is 5.92. The van der Waals surface area contributed by atoms with E-state index in [1.807, 2.05) is 18.2 Å². The highest BCUT2D eigenvalue weighted by Gasteiger charge is 2.37. The summed E-state index contributed by atoms with van der Waals surface area (Å²) in [6.45, 7) is 0. The molecule has 1 heterocycles. The molecule has 2 aliphatic rings. The second kappa shape index (κ2) is 5.13. The molecule has 0 saturated heterocycles. The Labute approximate surface area is 130 Å². The lowest BCUT2D eigenvalue weighted by molar-refractivity contribution is -0.122. The highest BCUT2D eigenvalue weighted by atomic mass is 16.1. The summed E-state index contributed by atoms with van der Waals surface area (Å²) in [5.41, 5.74) is 4.89. The smallest absolute Gasteiger partial charge is 0.225 e. The Bertz CT molecular complexity index is 747. The molecule has 0 bridgehead atoms. The molecule has 110 valence electrons. The Hall–Kier alpha value is -2.35. The average Bonchev–Trinajstić information content (AvgIpc) is 2.55. The minimum absolute atomic E-state index is 0.140. The van der Waals surface area contributed by atoms with E-state index in [0.29, 0.717) is 6.42 Å². The van der Waals surface area contributed by atoms with Gasteiger partial charge in [-0.25, -0.2) is 0 Å². The Morgan fingerprint density at radius 3 is 2.45 bits per heavy atom. The number of fused-ring (bicyclic) bond motifs is 1. The van der Waals surface area contributed by atoms with E-state index in [9.17, 15) is 4.79 Å². The van der Waals surface area contributed by atoms with Crippen molar-refractivity contribution < 1.29 is 4.79 Å². The van der Waals surface area contributed by atoms with Crippen LogP contribution in [-0.2, 0) is 17.6 Å². The first-order chi connectivity index (χ1) is 10.7. The van der Waals surface area contributed by atoms with E-state index >= 15 is 0 Å². The van der Waals surface area contributed by atoms with Crippen LogP contribution in [0, 0.1) is 0 Å². The first kappa shape index (κ1) is 13.3. The zero-order valence-corrected chi connectivity index (χ0v) is 12.5. The summed E-state index contributed by atoms with van der Waals surface area (Å²) in [4.78, 5) is 12.3. The number of amides is 1. The van der Waals surface area contributed by atoms with Crippen molar-refractivity contribution in [2.45, 2.75) is 31.2 Å². The van der Waals surface area contributed by atoms with E-state index in [4.69, 9.17) is 0 Å². The van der Waals surface area contributed by atoms with Crippen LogP contribution in [0.3, 0.4) is 0 Å². The third kappa shape index (κ3) is 2.35. The number of carbonyl (C=O) groups is 1. The van der Waals surface area contributed by atoms with Crippen LogP contribution in [0.25, 0.3) is 5.57 Å². The third-order valence-corrected chi connectivity index (χ3v) is 4.80. The SMILES string of the molecule is O=C1CC(c2ccccc2)=CC2(CCc3ccccc3C2)N1. The largest absolute Gasteiger partial charge is 0.347 e. The molecule has 1 atom stereocenters. The Morgan fingerprint density at radius 1 is 0.909 bits per heavy atom. The number of carbonyl (C=O) groups excluding carboxylic acids is 1. The molecule has 0 fully saturated rings. The topological polar surface area (TPSA) is 29.1 Å². The minimum atomic E-state index is -0.213. The van der Waals surface area contributed by atoms with Gasteiger partial charge in [0.1, 0.15) is 0 Å². The van der Waals surface area contributed by atoms with Gasteiger partial charge in [-0.15, -0.1) is 0 Å². The zero-order valence-electron chi connectivity index (χ0n) is 12.5. The van der Waals surface area contributed by atoms with Gasteiger partial charge in [-0.05, 0) is 41.5 Å². The van der Waals surface area contributed by atoms with Crippen molar-refractivity contribution in [1.82, 2.24) is 5.32 Å². The van der Waals surface area contributed by atoms with Crippen molar-refractivity contribution in [3.8, 4) is 0 Å². The van der Waals surface area contributed by atoms with Gasteiger partial charge in [-0.2, -0.15) is 0 Å². The molecule has 2 heteroatoms. The van der Waals surface area contributed by atoms with Crippen molar-refractivity contribution in [1.29, 1.82) is 0 Å². The predicted molar refractivity (Wildman–Crippen MR) is 88.4 cm³/mol. The van der Waals surface area contributed by atoms with E-state index in [2.05, 4.69) is 47.8 Å². The first-order valence-corrected chi connectivity index (χ1v) is 7.89. The van der Waals surface area contributed by atoms with Crippen molar-refractivity contribution in [3.05, 3.63) is 77.4 Å². The fraction of sp³-hybridized carbons (Fsp3) is 0.250. The number of rotatable bonds is 1. The molecule has 1 spiro atoms. The summed E-state index contributed by atoms with van der Waals surface area (Å²) >= 11 is 0. The van der Waals surface area contributed by atoms with E-state index in [0.717, 1.165) is 30.4 Å². The number of nitrogens with one attached hydrogen (secondary N) is 1. The molecule has 0 aromatic heterocycles. The minimum Gasteiger partial charge on any atom is -0.347 e. The van der Waals surface area contributed by atoms with E-state index in [1.54, 1.807) is 0 Å². The Morgan fingerprint density at radius 2 is 1.64 bits per heavy atom. The normalized spacial score (nSPS) is 23.6. The first-order valence-electron chi connectivity index (χ1n) is 7.89. The van der Waals surface area contributed by atoms with Crippen LogP contribution in [0.1, 0.15) is 29.5 Å². The lowest BCUT2D eigenvalue weighted by Crippen LogP contribution is -2.53. The maximum Gasteiger partial charge on any atom is 0.225 e. The molecule has 1 unspecified atom stereocenters. The standard InChI is InChI=1S/C20H19NO/c22-19-12-18(15-6-2-1-3-7-15)14-20(21-19)11-10-16-8-4-5-9-17(16)13-20/h1-9,14H,10-13H2,(H,21,22). The summed E-state index contributed by atoms with van der Waals surface area (Å²) < 4.78 is 0. The van der Waals surface area contributed by atoms with Gasteiger partial charge < -0.3 is 5.32 Å². The van der Waals surface area contributed by atoms with Gasteiger partial charge in [0, 0.05) is 0 Å². The van der Waals surface area contributed by atoms with Gasteiger partial charge >= 0.3 is 0 Å². The molecule has 4 rings (SSSR count). The number of benzene rings is 2. The molecular weight excluding hydrogens is 270 g/mol. The average molecular weight is 289 g/mol. The van der Waals surface area contributed by atoms with E-state index in [1.165, 1.54) is 11.1 Å². The van der Waals surface area contributed by atoms with Crippen LogP contribution < -0.4 is 5.32 Å². The number of hydrogen-bond donors (Lipinski definition) is 1. The summed E-state index contributed by atoms with van der Waals surface area (Å²) in [6, 6.07) is 18.8. The van der Waals surface area contributed by atoms with Crippen molar-refractivity contribution in [2.75, 3.05) is 0 Å². The lowest BCUT2D eigenvalue weighted by atomic mass is 9.74. The fourth-order valence-corrected chi connectivity index (χ4v) is 3.74. The van der Waals surface area contributed by atoms with Crippen molar-refractivity contribution >= 4 is 11.5 Å². The molecule has 0 saturated carbocycles. The Balaban J connectivity index is 1.74. The highest BCUT2D eigenvalue weighted by Crippen LogP contribution is 2.35. The van der Waals surface area contributed by atoms with Crippen molar-refractivity contribution in [2.24, 2.45) is 0 Å². The monoisotopic (exact) mass is 289 g/mol. The second-order valence-electron chi connectivity index (χ2n) is 6.36. The maximum absolute atomic E-state index is 12.3. The van der Waals surface area contributed by atoms with Crippen LogP contribution in [-0.4, -0.2) is 11.4 Å². The summed E-state index contributed by atoms with van der Waals surface area (Å²) in [7, 11) is 0. The summed E-state index contributed by atoms with van der Waals surface area (Å²) in [5.74, 6) is 0.140. The number of aryl methyl sites for hydroxylation is 1. The van der Waals surface area contributed by atoms with Crippen LogP contribution >= 0.6 is 0 Å². The second-order valence-corrected chi connectivity index (χ2v) is 6.36. The van der Waals surface area contributed by atoms with Gasteiger partial charge in [-0.1, -0.05) is 60.7 Å². The molecule has 2 aromatic rings. The van der Waals surface area contributed by atoms with Crippen LogP contribution in [0.5, 0.6) is 0 Å². The summed E-state index contributed by atoms with van der Waals surface area (Å²) in [5, 5.41) is 3.26. The van der Waals surface area contributed by atoms with Gasteiger partial charge in [-0.3, -0.25) is 4.79 Å². The third-order valence-electron chi connectivity index (χ3n) is 4.80. The van der Waals surface area contributed by atoms with Crippen molar-refractivity contribution in [3.63, 3.8) is 0 Å². The predicted octanol–water partition coefficient (Wildman–Crippen LogP) is 3.52. The van der Waals surface area contributed by atoms with Crippen LogP contribution in [0.4, 0.5) is 0 Å². The molecular formula is C20H19NO.